The third-order valence-electron chi connectivity index (χ3n) is 3.47. The minimum absolute atomic E-state index is 0.0455. The van der Waals surface area contributed by atoms with Gasteiger partial charge in [0, 0.05) is 19.0 Å². The molecule has 0 aromatic heterocycles. The van der Waals surface area contributed by atoms with Crippen molar-refractivity contribution in [3.63, 3.8) is 0 Å². The van der Waals surface area contributed by atoms with E-state index in [0.29, 0.717) is 13.0 Å². The lowest BCUT2D eigenvalue weighted by Gasteiger charge is -2.21. The molecule has 0 spiro atoms. The first kappa shape index (κ1) is 16.5. The highest BCUT2D eigenvalue weighted by Crippen LogP contribution is 2.20. The third kappa shape index (κ3) is 4.21. The zero-order chi connectivity index (χ0) is 15.4. The Morgan fingerprint density at radius 1 is 1.35 bits per heavy atom. The van der Waals surface area contributed by atoms with Gasteiger partial charge in [-0.25, -0.2) is 4.79 Å². The number of nitrogens with zero attached hydrogens (tertiary/aromatic N) is 1. The number of carboxylic acid groups (broad SMARTS) is 1. The van der Waals surface area contributed by atoms with Crippen molar-refractivity contribution in [1.29, 1.82) is 0 Å². The number of carboxylic acids is 1. The van der Waals surface area contributed by atoms with E-state index in [1.165, 1.54) is 0 Å². The van der Waals surface area contributed by atoms with Gasteiger partial charge in [0.15, 0.2) is 0 Å². The Hall–Kier alpha value is -1.59. The fraction of sp³-hybridized carbons (Fsp3) is 0.786. The van der Waals surface area contributed by atoms with Crippen molar-refractivity contribution in [1.82, 2.24) is 10.2 Å². The second kappa shape index (κ2) is 6.72. The van der Waals surface area contributed by atoms with Crippen molar-refractivity contribution in [2.24, 2.45) is 11.8 Å². The number of carbonyl (C=O) groups excluding carboxylic acids is 2. The normalized spacial score (nSPS) is 20.6. The van der Waals surface area contributed by atoms with Gasteiger partial charge in [0.25, 0.3) is 0 Å². The first-order valence-electron chi connectivity index (χ1n) is 7.05. The molecule has 0 saturated carbocycles. The average molecular weight is 284 g/mol. The van der Waals surface area contributed by atoms with E-state index >= 15 is 0 Å². The van der Waals surface area contributed by atoms with Crippen LogP contribution in [-0.4, -0.2) is 46.4 Å². The van der Waals surface area contributed by atoms with Gasteiger partial charge < -0.3 is 15.3 Å². The lowest BCUT2D eigenvalue weighted by molar-refractivity contribution is -0.142. The summed E-state index contributed by atoms with van der Waals surface area (Å²) in [5.74, 6) is -1.68. The second-order valence-corrected chi connectivity index (χ2v) is 6.07. The summed E-state index contributed by atoms with van der Waals surface area (Å²) in [6.45, 7) is 7.98. The van der Waals surface area contributed by atoms with Crippen molar-refractivity contribution < 1.29 is 19.5 Å². The van der Waals surface area contributed by atoms with Crippen LogP contribution < -0.4 is 5.32 Å². The predicted molar refractivity (Wildman–Crippen MR) is 74.0 cm³/mol. The fourth-order valence-electron chi connectivity index (χ4n) is 2.39. The molecule has 20 heavy (non-hydrogen) atoms. The molecular formula is C14H24N2O4. The molecule has 1 fully saturated rings. The van der Waals surface area contributed by atoms with E-state index in [-0.39, 0.29) is 30.2 Å². The Morgan fingerprint density at radius 2 is 1.95 bits per heavy atom. The van der Waals surface area contributed by atoms with Crippen molar-refractivity contribution in [2.75, 3.05) is 6.54 Å². The van der Waals surface area contributed by atoms with E-state index in [0.717, 1.165) is 0 Å². The number of amides is 2. The molecule has 6 heteroatoms. The summed E-state index contributed by atoms with van der Waals surface area (Å²) in [4.78, 5) is 36.6. The van der Waals surface area contributed by atoms with E-state index in [1.54, 1.807) is 4.90 Å². The molecule has 0 aliphatic carbocycles. The van der Waals surface area contributed by atoms with Crippen LogP contribution in [-0.2, 0) is 14.4 Å². The largest absolute Gasteiger partial charge is 0.480 e. The van der Waals surface area contributed by atoms with Crippen molar-refractivity contribution in [3.8, 4) is 0 Å². The number of hydrogen-bond acceptors (Lipinski definition) is 3. The smallest absolute Gasteiger partial charge is 0.326 e. The van der Waals surface area contributed by atoms with Crippen LogP contribution in [0.5, 0.6) is 0 Å². The van der Waals surface area contributed by atoms with Crippen LogP contribution in [0.15, 0.2) is 0 Å². The summed E-state index contributed by atoms with van der Waals surface area (Å²) < 4.78 is 0. The minimum atomic E-state index is -1.03. The van der Waals surface area contributed by atoms with Gasteiger partial charge in [-0.15, -0.1) is 0 Å². The van der Waals surface area contributed by atoms with Gasteiger partial charge in [0.05, 0.1) is 5.92 Å². The zero-order valence-electron chi connectivity index (χ0n) is 12.5. The molecule has 1 aliphatic rings. The Bertz CT molecular complexity index is 393. The van der Waals surface area contributed by atoms with Crippen LogP contribution in [0.1, 0.15) is 40.5 Å². The first-order valence-corrected chi connectivity index (χ1v) is 7.05. The topological polar surface area (TPSA) is 86.7 Å². The van der Waals surface area contributed by atoms with Gasteiger partial charge in [0.1, 0.15) is 6.04 Å². The van der Waals surface area contributed by atoms with Crippen molar-refractivity contribution in [2.45, 2.75) is 52.6 Å². The predicted octanol–water partition coefficient (Wildman–Crippen LogP) is 0.859. The lowest BCUT2D eigenvalue weighted by atomic mass is 10.0. The Morgan fingerprint density at radius 3 is 2.35 bits per heavy atom. The van der Waals surface area contributed by atoms with E-state index in [4.69, 9.17) is 5.11 Å². The molecule has 1 aliphatic heterocycles. The second-order valence-electron chi connectivity index (χ2n) is 6.07. The number of carbonyl (C=O) groups is 3. The quantitative estimate of drug-likeness (QED) is 0.757. The molecule has 0 radical (unpaired) electrons. The molecule has 2 N–H and O–H groups in total. The Balaban J connectivity index is 2.62. The van der Waals surface area contributed by atoms with Gasteiger partial charge in [-0.2, -0.15) is 0 Å². The third-order valence-corrected chi connectivity index (χ3v) is 3.47. The molecule has 114 valence electrons. The number of aliphatic carboxylic acids is 1. The number of rotatable bonds is 6. The van der Waals surface area contributed by atoms with Gasteiger partial charge >= 0.3 is 5.97 Å². The van der Waals surface area contributed by atoms with E-state index < -0.39 is 17.9 Å². The van der Waals surface area contributed by atoms with Crippen LogP contribution >= 0.6 is 0 Å². The average Bonchev–Trinajstić information content (AvgIpc) is 2.69. The van der Waals surface area contributed by atoms with Crippen LogP contribution in [0.3, 0.4) is 0 Å². The molecule has 1 saturated heterocycles. The summed E-state index contributed by atoms with van der Waals surface area (Å²) in [6.07, 6.45) is 0.549. The maximum atomic E-state index is 12.1. The molecule has 1 heterocycles. The summed E-state index contributed by atoms with van der Waals surface area (Å²) in [7, 11) is 0. The maximum Gasteiger partial charge on any atom is 0.326 e. The molecule has 1 unspecified atom stereocenters. The lowest BCUT2D eigenvalue weighted by Crippen LogP contribution is -2.45. The summed E-state index contributed by atoms with van der Waals surface area (Å²) >= 11 is 0. The zero-order valence-corrected chi connectivity index (χ0v) is 12.5. The summed E-state index contributed by atoms with van der Waals surface area (Å²) in [5, 5.41) is 11.7. The Kier molecular flexibility index (Phi) is 5.53. The molecule has 0 aromatic carbocycles. The van der Waals surface area contributed by atoms with Crippen molar-refractivity contribution in [3.05, 3.63) is 0 Å². The van der Waals surface area contributed by atoms with Gasteiger partial charge in [-0.3, -0.25) is 9.59 Å². The SMILES string of the molecule is CC(C)C[C@H](NC(=O)C1CC(=O)N(C(C)C)C1)C(=O)O. The van der Waals surface area contributed by atoms with Crippen LogP contribution in [0.4, 0.5) is 0 Å². The highest BCUT2D eigenvalue weighted by atomic mass is 16.4. The number of likely N-dealkylation sites (tertiary alicyclic amines) is 1. The summed E-state index contributed by atoms with van der Waals surface area (Å²) in [5.41, 5.74) is 0. The Labute approximate surface area is 119 Å². The molecule has 0 aromatic rings. The van der Waals surface area contributed by atoms with Crippen molar-refractivity contribution >= 4 is 17.8 Å². The minimum Gasteiger partial charge on any atom is -0.480 e. The first-order chi connectivity index (χ1) is 9.22. The van der Waals surface area contributed by atoms with Crippen LogP contribution in [0.25, 0.3) is 0 Å². The van der Waals surface area contributed by atoms with Gasteiger partial charge in [-0.05, 0) is 26.2 Å². The van der Waals surface area contributed by atoms with E-state index in [1.807, 2.05) is 27.7 Å². The van der Waals surface area contributed by atoms with E-state index in [9.17, 15) is 14.4 Å². The molecule has 0 bridgehead atoms. The standard InChI is InChI=1S/C14H24N2O4/c1-8(2)5-11(14(19)20)15-13(18)10-6-12(17)16(7-10)9(3)4/h8-11H,5-7H2,1-4H3,(H,15,18)(H,19,20)/t10?,11-/m0/s1. The maximum absolute atomic E-state index is 12.1. The van der Waals surface area contributed by atoms with Crippen LogP contribution in [0, 0.1) is 11.8 Å². The molecular weight excluding hydrogens is 260 g/mol. The highest BCUT2D eigenvalue weighted by molar-refractivity contribution is 5.91. The summed E-state index contributed by atoms with van der Waals surface area (Å²) in [6, 6.07) is -0.822. The van der Waals surface area contributed by atoms with Gasteiger partial charge in [-0.1, -0.05) is 13.8 Å². The fourth-order valence-corrected chi connectivity index (χ4v) is 2.39. The molecule has 1 rings (SSSR count). The highest BCUT2D eigenvalue weighted by Gasteiger charge is 2.36. The number of nitrogens with one attached hydrogen (secondary N) is 1. The van der Waals surface area contributed by atoms with Gasteiger partial charge in [0.2, 0.25) is 11.8 Å². The van der Waals surface area contributed by atoms with E-state index in [2.05, 4.69) is 5.32 Å². The monoisotopic (exact) mass is 284 g/mol. The number of hydrogen-bond donors (Lipinski definition) is 2. The molecule has 2 atom stereocenters. The molecule has 6 nitrogen and oxygen atoms in total. The van der Waals surface area contributed by atoms with Crippen LogP contribution in [0.2, 0.25) is 0 Å². The molecule has 2 amide bonds.